The fraction of sp³-hybridized carbons (Fsp3) is 0.895. The van der Waals surface area contributed by atoms with Gasteiger partial charge in [-0.05, 0) is 42.9 Å². The van der Waals surface area contributed by atoms with Crippen molar-refractivity contribution >= 4 is 11.6 Å². The predicted octanol–water partition coefficient (Wildman–Crippen LogP) is 4.52. The van der Waals surface area contributed by atoms with Crippen LogP contribution in [0, 0.1) is 40.9 Å². The van der Waals surface area contributed by atoms with Gasteiger partial charge in [0.25, 0.3) is 0 Å². The third-order valence-electron chi connectivity index (χ3n) is 6.60. The minimum Gasteiger partial charge on any atom is -0.299 e. The molecular formula is C19H32O2. The monoisotopic (exact) mass is 292 g/mol. The number of rotatable bonds is 2. The topological polar surface area (TPSA) is 34.1 Å². The maximum Gasteiger partial charge on any atom is 0.138 e. The summed E-state index contributed by atoms with van der Waals surface area (Å²) in [6, 6.07) is 0. The molecule has 0 aromatic rings. The second-order valence-corrected chi connectivity index (χ2v) is 8.57. The van der Waals surface area contributed by atoms with Crippen LogP contribution in [-0.2, 0) is 9.59 Å². The van der Waals surface area contributed by atoms with Crippen LogP contribution in [0.5, 0.6) is 0 Å². The van der Waals surface area contributed by atoms with Gasteiger partial charge >= 0.3 is 0 Å². The van der Waals surface area contributed by atoms with Gasteiger partial charge in [0.2, 0.25) is 0 Å². The van der Waals surface area contributed by atoms with Crippen molar-refractivity contribution in [2.24, 2.45) is 40.9 Å². The summed E-state index contributed by atoms with van der Waals surface area (Å²) in [4.78, 5) is 24.2. The summed E-state index contributed by atoms with van der Waals surface area (Å²) in [6.45, 7) is 13.1. The molecule has 0 bridgehead atoms. The van der Waals surface area contributed by atoms with Crippen molar-refractivity contribution in [3.8, 4) is 0 Å². The van der Waals surface area contributed by atoms with Crippen LogP contribution in [0.4, 0.5) is 0 Å². The lowest BCUT2D eigenvalue weighted by Gasteiger charge is -2.48. The van der Waals surface area contributed by atoms with Crippen molar-refractivity contribution in [1.82, 2.24) is 0 Å². The lowest BCUT2D eigenvalue weighted by atomic mass is 9.56. The van der Waals surface area contributed by atoms with Crippen LogP contribution in [0.1, 0.15) is 67.2 Å². The Kier molecular flexibility index (Phi) is 4.66. The molecule has 2 rings (SSSR count). The number of hydrogen-bond donors (Lipinski definition) is 0. The minimum absolute atomic E-state index is 0.207. The average molecular weight is 292 g/mol. The molecule has 2 aliphatic rings. The van der Waals surface area contributed by atoms with Crippen molar-refractivity contribution in [3.63, 3.8) is 0 Å². The Morgan fingerprint density at radius 3 is 1.14 bits per heavy atom. The summed E-state index contributed by atoms with van der Waals surface area (Å²) in [7, 11) is 0. The van der Waals surface area contributed by atoms with E-state index in [-0.39, 0.29) is 29.1 Å². The van der Waals surface area contributed by atoms with E-state index in [0.717, 1.165) is 25.7 Å². The standard InChI is InChI=1S/C19H32O2/c1-11-7-15(8-12(2)17(11)20)19(5,6)16-9-13(3)18(21)14(4)10-16/h11-16H,7-10H2,1-6H3. The Morgan fingerprint density at radius 1 is 0.667 bits per heavy atom. The van der Waals surface area contributed by atoms with E-state index >= 15 is 0 Å². The second-order valence-electron chi connectivity index (χ2n) is 8.57. The normalized spacial score (nSPS) is 42.2. The summed E-state index contributed by atoms with van der Waals surface area (Å²) in [5.74, 6) is 2.94. The molecule has 0 aromatic heterocycles. The highest BCUT2D eigenvalue weighted by atomic mass is 16.1. The maximum atomic E-state index is 12.1. The van der Waals surface area contributed by atoms with Gasteiger partial charge in [-0.2, -0.15) is 0 Å². The summed E-state index contributed by atoms with van der Waals surface area (Å²) in [5, 5.41) is 0. The molecule has 2 fully saturated rings. The highest BCUT2D eigenvalue weighted by Crippen LogP contribution is 2.50. The summed E-state index contributed by atoms with van der Waals surface area (Å²) >= 11 is 0. The van der Waals surface area contributed by atoms with Gasteiger partial charge in [0.15, 0.2) is 0 Å². The van der Waals surface area contributed by atoms with Crippen molar-refractivity contribution < 1.29 is 9.59 Å². The van der Waals surface area contributed by atoms with E-state index in [9.17, 15) is 9.59 Å². The lowest BCUT2D eigenvalue weighted by molar-refractivity contribution is -0.134. The third-order valence-corrected chi connectivity index (χ3v) is 6.60. The smallest absolute Gasteiger partial charge is 0.138 e. The van der Waals surface area contributed by atoms with Crippen LogP contribution in [0.2, 0.25) is 0 Å². The van der Waals surface area contributed by atoms with Gasteiger partial charge in [-0.15, -0.1) is 0 Å². The Bertz CT molecular complexity index is 357. The Balaban J connectivity index is 2.14. The van der Waals surface area contributed by atoms with Gasteiger partial charge in [0, 0.05) is 23.7 Å². The first-order chi connectivity index (χ1) is 9.64. The van der Waals surface area contributed by atoms with Gasteiger partial charge < -0.3 is 0 Å². The predicted molar refractivity (Wildman–Crippen MR) is 85.9 cm³/mol. The number of hydrogen-bond acceptors (Lipinski definition) is 2. The molecule has 4 unspecified atom stereocenters. The van der Waals surface area contributed by atoms with Gasteiger partial charge in [-0.3, -0.25) is 9.59 Å². The van der Waals surface area contributed by atoms with Gasteiger partial charge in [0.1, 0.15) is 11.6 Å². The Hall–Kier alpha value is -0.660. The van der Waals surface area contributed by atoms with E-state index < -0.39 is 0 Å². The highest BCUT2D eigenvalue weighted by molar-refractivity contribution is 5.84. The largest absolute Gasteiger partial charge is 0.299 e. The molecule has 2 heteroatoms. The maximum absolute atomic E-state index is 12.1. The van der Waals surface area contributed by atoms with E-state index in [1.165, 1.54) is 0 Å². The highest BCUT2D eigenvalue weighted by Gasteiger charge is 2.46. The van der Waals surface area contributed by atoms with Gasteiger partial charge in [0.05, 0.1) is 0 Å². The number of carbonyl (C=O) groups is 2. The van der Waals surface area contributed by atoms with Crippen LogP contribution in [0.25, 0.3) is 0 Å². The molecule has 0 radical (unpaired) electrons. The SMILES string of the molecule is CC1CC(C(C)(C)C2CC(C)C(=O)C(C)C2)CC(C)C1=O. The van der Waals surface area contributed by atoms with E-state index in [1.807, 2.05) is 0 Å². The molecule has 0 amide bonds. The number of carbonyl (C=O) groups excluding carboxylic acids is 2. The van der Waals surface area contributed by atoms with Crippen LogP contribution in [0.15, 0.2) is 0 Å². The molecule has 0 N–H and O–H groups in total. The molecule has 0 heterocycles. The fourth-order valence-electron chi connectivity index (χ4n) is 4.88. The molecule has 2 saturated carbocycles. The molecule has 0 aromatic carbocycles. The van der Waals surface area contributed by atoms with Gasteiger partial charge in [-0.1, -0.05) is 41.5 Å². The van der Waals surface area contributed by atoms with Crippen molar-refractivity contribution in [3.05, 3.63) is 0 Å². The van der Waals surface area contributed by atoms with Crippen molar-refractivity contribution in [2.45, 2.75) is 67.2 Å². The van der Waals surface area contributed by atoms with Crippen LogP contribution in [0.3, 0.4) is 0 Å². The molecule has 0 aliphatic heterocycles. The number of ketones is 2. The fourth-order valence-corrected chi connectivity index (χ4v) is 4.88. The van der Waals surface area contributed by atoms with Crippen molar-refractivity contribution in [2.75, 3.05) is 0 Å². The zero-order valence-electron chi connectivity index (χ0n) is 14.6. The zero-order chi connectivity index (χ0) is 15.9. The zero-order valence-corrected chi connectivity index (χ0v) is 14.6. The number of Topliss-reactive ketones (excluding diaryl/α,β-unsaturated/α-hetero) is 2. The van der Waals surface area contributed by atoms with E-state index in [0.29, 0.717) is 23.4 Å². The quantitative estimate of drug-likeness (QED) is 0.750. The first-order valence-corrected chi connectivity index (χ1v) is 8.72. The summed E-state index contributed by atoms with van der Waals surface area (Å²) in [6.07, 6.45) is 4.12. The van der Waals surface area contributed by atoms with Crippen LogP contribution < -0.4 is 0 Å². The molecule has 120 valence electrons. The lowest BCUT2D eigenvalue weighted by Crippen LogP contribution is -2.44. The molecule has 4 atom stereocenters. The molecule has 2 aliphatic carbocycles. The second kappa shape index (κ2) is 5.85. The first-order valence-electron chi connectivity index (χ1n) is 8.72. The molecular weight excluding hydrogens is 260 g/mol. The van der Waals surface area contributed by atoms with Gasteiger partial charge in [-0.25, -0.2) is 0 Å². The molecule has 2 nitrogen and oxygen atoms in total. The van der Waals surface area contributed by atoms with Crippen LogP contribution >= 0.6 is 0 Å². The van der Waals surface area contributed by atoms with E-state index in [4.69, 9.17) is 0 Å². The molecule has 0 spiro atoms. The van der Waals surface area contributed by atoms with Crippen LogP contribution in [-0.4, -0.2) is 11.6 Å². The molecule has 21 heavy (non-hydrogen) atoms. The Morgan fingerprint density at radius 2 is 0.905 bits per heavy atom. The summed E-state index contributed by atoms with van der Waals surface area (Å²) in [5.41, 5.74) is 0.229. The van der Waals surface area contributed by atoms with E-state index in [1.54, 1.807) is 0 Å². The minimum atomic E-state index is 0.207. The average Bonchev–Trinajstić information content (AvgIpc) is 2.40. The first kappa shape index (κ1) is 16.7. The third kappa shape index (κ3) is 3.10. The van der Waals surface area contributed by atoms with Crippen molar-refractivity contribution in [1.29, 1.82) is 0 Å². The Labute approximate surface area is 130 Å². The summed E-state index contributed by atoms with van der Waals surface area (Å²) < 4.78 is 0. The molecule has 0 saturated heterocycles. The van der Waals surface area contributed by atoms with E-state index in [2.05, 4.69) is 41.5 Å².